The number of carbonyl (C=O) groups excluding carboxylic acids is 2. The molecule has 0 aliphatic rings. The van der Waals surface area contributed by atoms with Crippen LogP contribution in [0.1, 0.15) is 37.6 Å². The van der Waals surface area contributed by atoms with Crippen LogP contribution in [-0.4, -0.2) is 25.0 Å². The van der Waals surface area contributed by atoms with Crippen LogP contribution in [0.15, 0.2) is 30.3 Å². The van der Waals surface area contributed by atoms with E-state index >= 15 is 0 Å². The largest absolute Gasteiger partial charge is 0.490 e. The van der Waals surface area contributed by atoms with Crippen LogP contribution >= 0.6 is 23.2 Å². The molecule has 2 aromatic carbocycles. The van der Waals surface area contributed by atoms with Gasteiger partial charge >= 0.3 is 0 Å². The van der Waals surface area contributed by atoms with E-state index in [9.17, 15) is 9.59 Å². The Morgan fingerprint density at radius 3 is 2.39 bits per heavy atom. The minimum atomic E-state index is -0.432. The molecule has 28 heavy (non-hydrogen) atoms. The van der Waals surface area contributed by atoms with Gasteiger partial charge in [-0.2, -0.15) is 0 Å². The zero-order valence-corrected chi connectivity index (χ0v) is 17.4. The fourth-order valence-electron chi connectivity index (χ4n) is 2.42. The Balaban J connectivity index is 2.34. The molecule has 2 aromatic rings. The third kappa shape index (κ3) is 5.78. The lowest BCUT2D eigenvalue weighted by Gasteiger charge is -2.16. The van der Waals surface area contributed by atoms with E-state index in [1.807, 2.05) is 13.8 Å². The first-order chi connectivity index (χ1) is 13.3. The Kier molecular flexibility index (Phi) is 7.96. The summed E-state index contributed by atoms with van der Waals surface area (Å²) in [7, 11) is 0. The topological polar surface area (TPSA) is 76.7 Å². The maximum absolute atomic E-state index is 12.8. The van der Waals surface area contributed by atoms with Crippen molar-refractivity contribution in [1.82, 2.24) is 0 Å². The predicted octanol–water partition coefficient (Wildman–Crippen LogP) is 5.39. The molecule has 0 fully saturated rings. The van der Waals surface area contributed by atoms with Gasteiger partial charge in [0.2, 0.25) is 5.91 Å². The quantitative estimate of drug-likeness (QED) is 0.595. The molecule has 0 bridgehead atoms. The molecule has 8 heteroatoms. The first-order valence-electron chi connectivity index (χ1n) is 8.83. The molecule has 2 amide bonds. The zero-order valence-electron chi connectivity index (χ0n) is 15.9. The second kappa shape index (κ2) is 10.2. The Bertz CT molecular complexity index is 872. The van der Waals surface area contributed by atoms with Gasteiger partial charge in [0.05, 0.1) is 29.6 Å². The van der Waals surface area contributed by atoms with Crippen molar-refractivity contribution in [1.29, 1.82) is 0 Å². The highest BCUT2D eigenvalue weighted by atomic mass is 35.5. The summed E-state index contributed by atoms with van der Waals surface area (Å²) in [5.74, 6) is 0.0982. The Morgan fingerprint density at radius 2 is 1.75 bits per heavy atom. The van der Waals surface area contributed by atoms with Crippen molar-refractivity contribution < 1.29 is 19.1 Å². The number of amides is 2. The molecule has 0 aliphatic heterocycles. The zero-order chi connectivity index (χ0) is 20.7. The molecule has 0 aliphatic carbocycles. The Morgan fingerprint density at radius 1 is 1.00 bits per heavy atom. The lowest BCUT2D eigenvalue weighted by atomic mass is 10.1. The van der Waals surface area contributed by atoms with E-state index in [0.717, 1.165) is 6.42 Å². The third-order valence-electron chi connectivity index (χ3n) is 3.56. The van der Waals surface area contributed by atoms with Crippen LogP contribution < -0.4 is 20.1 Å². The van der Waals surface area contributed by atoms with Gasteiger partial charge in [-0.05, 0) is 43.7 Å². The van der Waals surface area contributed by atoms with Gasteiger partial charge in [0, 0.05) is 17.5 Å². The number of hydrogen-bond acceptors (Lipinski definition) is 4. The Labute approximate surface area is 174 Å². The molecule has 0 saturated heterocycles. The van der Waals surface area contributed by atoms with Crippen molar-refractivity contribution in [2.45, 2.75) is 27.2 Å². The molecule has 2 rings (SSSR count). The summed E-state index contributed by atoms with van der Waals surface area (Å²) in [5.41, 5.74) is 1.09. The van der Waals surface area contributed by atoms with E-state index in [0.29, 0.717) is 41.1 Å². The van der Waals surface area contributed by atoms with Crippen molar-refractivity contribution in [2.24, 2.45) is 0 Å². The van der Waals surface area contributed by atoms with Crippen molar-refractivity contribution >= 4 is 46.4 Å². The maximum atomic E-state index is 12.8. The van der Waals surface area contributed by atoms with E-state index in [1.165, 1.54) is 13.0 Å². The van der Waals surface area contributed by atoms with Gasteiger partial charge in [-0.3, -0.25) is 9.59 Å². The smallest absolute Gasteiger partial charge is 0.255 e. The normalized spacial score (nSPS) is 10.3. The van der Waals surface area contributed by atoms with Crippen molar-refractivity contribution in [3.63, 3.8) is 0 Å². The summed E-state index contributed by atoms with van der Waals surface area (Å²) in [4.78, 5) is 24.2. The number of benzene rings is 2. The summed E-state index contributed by atoms with van der Waals surface area (Å²) >= 11 is 12.3. The van der Waals surface area contributed by atoms with Gasteiger partial charge in [0.25, 0.3) is 5.91 Å². The summed E-state index contributed by atoms with van der Waals surface area (Å²) in [6.45, 7) is 6.06. The fourth-order valence-corrected chi connectivity index (χ4v) is 2.86. The number of halogens is 2. The van der Waals surface area contributed by atoms with Crippen LogP contribution in [0.2, 0.25) is 10.0 Å². The first kappa shape index (κ1) is 21.9. The van der Waals surface area contributed by atoms with Crippen molar-refractivity contribution in [2.75, 3.05) is 23.8 Å². The summed E-state index contributed by atoms with van der Waals surface area (Å²) in [5, 5.41) is 6.08. The van der Waals surface area contributed by atoms with Gasteiger partial charge in [-0.1, -0.05) is 30.1 Å². The number of carbonyl (C=O) groups is 2. The van der Waals surface area contributed by atoms with Crippen molar-refractivity contribution in [3.05, 3.63) is 45.9 Å². The molecular weight excluding hydrogens is 403 g/mol. The fraction of sp³-hybridized carbons (Fsp3) is 0.300. The van der Waals surface area contributed by atoms with Crippen LogP contribution in [0.5, 0.6) is 11.5 Å². The molecule has 0 aromatic heterocycles. The van der Waals surface area contributed by atoms with Gasteiger partial charge in [0.15, 0.2) is 11.5 Å². The van der Waals surface area contributed by atoms with Gasteiger partial charge in [-0.15, -0.1) is 0 Å². The summed E-state index contributed by atoms with van der Waals surface area (Å²) in [6.07, 6.45) is 0.810. The van der Waals surface area contributed by atoms with Crippen LogP contribution in [0.25, 0.3) is 0 Å². The number of rotatable bonds is 8. The number of anilines is 2. The van der Waals surface area contributed by atoms with E-state index < -0.39 is 5.91 Å². The van der Waals surface area contributed by atoms with Crippen LogP contribution in [0, 0.1) is 0 Å². The maximum Gasteiger partial charge on any atom is 0.255 e. The van der Waals surface area contributed by atoms with Gasteiger partial charge in [-0.25, -0.2) is 0 Å². The number of nitrogens with one attached hydrogen (secondary N) is 2. The molecule has 6 nitrogen and oxygen atoms in total. The molecule has 2 N–H and O–H groups in total. The van der Waals surface area contributed by atoms with E-state index in [4.69, 9.17) is 32.7 Å². The highest BCUT2D eigenvalue weighted by Gasteiger charge is 2.17. The van der Waals surface area contributed by atoms with Crippen LogP contribution in [0.3, 0.4) is 0 Å². The molecular formula is C20H22Cl2N2O4. The van der Waals surface area contributed by atoms with E-state index in [2.05, 4.69) is 10.6 Å². The number of ether oxygens (including phenoxy) is 2. The summed E-state index contributed by atoms with van der Waals surface area (Å²) < 4.78 is 11.2. The number of hydrogen-bond donors (Lipinski definition) is 2. The van der Waals surface area contributed by atoms with Gasteiger partial charge in [0.1, 0.15) is 0 Å². The highest BCUT2D eigenvalue weighted by Crippen LogP contribution is 2.37. The predicted molar refractivity (Wildman–Crippen MR) is 112 cm³/mol. The lowest BCUT2D eigenvalue weighted by Crippen LogP contribution is -2.15. The average Bonchev–Trinajstić information content (AvgIpc) is 2.63. The molecule has 0 heterocycles. The van der Waals surface area contributed by atoms with Gasteiger partial charge < -0.3 is 20.1 Å². The second-order valence-corrected chi connectivity index (χ2v) is 6.74. The molecule has 150 valence electrons. The minimum Gasteiger partial charge on any atom is -0.490 e. The minimum absolute atomic E-state index is 0.267. The average molecular weight is 425 g/mol. The molecule has 0 radical (unpaired) electrons. The van der Waals surface area contributed by atoms with E-state index in [1.54, 1.807) is 24.3 Å². The van der Waals surface area contributed by atoms with E-state index in [-0.39, 0.29) is 16.5 Å². The second-order valence-electron chi connectivity index (χ2n) is 5.89. The Hall–Kier alpha value is -2.44. The summed E-state index contributed by atoms with van der Waals surface area (Å²) in [6, 6.07) is 7.85. The highest BCUT2D eigenvalue weighted by molar-refractivity contribution is 6.33. The third-order valence-corrected chi connectivity index (χ3v) is 4.08. The lowest BCUT2D eigenvalue weighted by molar-refractivity contribution is -0.114. The van der Waals surface area contributed by atoms with Crippen LogP contribution in [0.4, 0.5) is 11.4 Å². The van der Waals surface area contributed by atoms with Crippen LogP contribution in [-0.2, 0) is 4.79 Å². The first-order valence-corrected chi connectivity index (χ1v) is 9.58. The molecule has 0 atom stereocenters. The monoisotopic (exact) mass is 424 g/mol. The molecule has 0 saturated carbocycles. The van der Waals surface area contributed by atoms with Crippen molar-refractivity contribution in [3.8, 4) is 11.5 Å². The molecule has 0 spiro atoms. The standard InChI is InChI=1S/C20H22Cl2N2O4/c1-4-8-28-19-15(22)9-13(10-18(19)27-5-2)20(26)24-17-11-14(21)6-7-16(17)23-12(3)25/h6-7,9-11H,4-5,8H2,1-3H3,(H,23,25)(H,24,26). The SMILES string of the molecule is CCCOc1c(Cl)cc(C(=O)Nc2cc(Cl)ccc2NC(C)=O)cc1OCC. The molecule has 0 unspecified atom stereocenters.